The first-order chi connectivity index (χ1) is 12.5. The third-order valence-electron chi connectivity index (χ3n) is 3.66. The summed E-state index contributed by atoms with van der Waals surface area (Å²) in [5.74, 6) is 0.880. The van der Waals surface area contributed by atoms with Gasteiger partial charge in [0.25, 0.3) is 5.91 Å². The zero-order valence-electron chi connectivity index (χ0n) is 15.0. The number of ether oxygens (including phenoxy) is 2. The van der Waals surface area contributed by atoms with E-state index in [0.29, 0.717) is 24.6 Å². The minimum Gasteiger partial charge on any atom is -0.493 e. The molecule has 0 bridgehead atoms. The number of rotatable bonds is 9. The first-order valence-corrected chi connectivity index (χ1v) is 9.00. The van der Waals surface area contributed by atoms with Gasteiger partial charge in [-0.1, -0.05) is 39.7 Å². The molecule has 0 spiro atoms. The van der Waals surface area contributed by atoms with Crippen LogP contribution < -0.4 is 20.1 Å². The van der Waals surface area contributed by atoms with Gasteiger partial charge >= 0.3 is 0 Å². The van der Waals surface area contributed by atoms with E-state index < -0.39 is 0 Å². The minimum atomic E-state index is -0.235. The predicted molar refractivity (Wildman–Crippen MR) is 108 cm³/mol. The number of hydrogen-bond acceptors (Lipinski definition) is 4. The van der Waals surface area contributed by atoms with Crippen LogP contribution in [0.4, 0.5) is 5.69 Å². The molecule has 2 aromatic rings. The molecular weight excluding hydrogens is 396 g/mol. The maximum atomic E-state index is 12.2. The van der Waals surface area contributed by atoms with Gasteiger partial charge in [-0.25, -0.2) is 0 Å². The molecule has 0 heterocycles. The second kappa shape index (κ2) is 9.99. The Morgan fingerprint density at radius 3 is 2.62 bits per heavy atom. The molecule has 0 aliphatic heterocycles. The smallest absolute Gasteiger partial charge is 0.262 e. The first kappa shape index (κ1) is 20.0. The lowest BCUT2D eigenvalue weighted by atomic mass is 10.2. The molecule has 138 valence electrons. The van der Waals surface area contributed by atoms with E-state index in [9.17, 15) is 4.79 Å². The Morgan fingerprint density at radius 2 is 1.96 bits per heavy atom. The second-order valence-corrected chi connectivity index (χ2v) is 6.53. The molecule has 0 atom stereocenters. The van der Waals surface area contributed by atoms with Crippen LogP contribution in [0.5, 0.6) is 11.5 Å². The van der Waals surface area contributed by atoms with Gasteiger partial charge in [-0.15, -0.1) is 6.58 Å². The topological polar surface area (TPSA) is 59.6 Å². The van der Waals surface area contributed by atoms with E-state index in [4.69, 9.17) is 9.47 Å². The second-order valence-electron chi connectivity index (χ2n) is 5.68. The van der Waals surface area contributed by atoms with Crippen LogP contribution in [-0.4, -0.2) is 26.2 Å². The maximum Gasteiger partial charge on any atom is 0.262 e. The first-order valence-electron chi connectivity index (χ1n) is 8.21. The van der Waals surface area contributed by atoms with Crippen molar-refractivity contribution < 1.29 is 14.3 Å². The SMILES string of the molecule is C=CCNCc1c(Br)ccc(OC)c1OCC(=O)Nc1ccc(C)cc1. The van der Waals surface area contributed by atoms with Gasteiger partial charge in [0.1, 0.15) is 0 Å². The molecule has 0 saturated carbocycles. The Balaban J connectivity index is 2.08. The number of anilines is 1. The van der Waals surface area contributed by atoms with Gasteiger partial charge in [0, 0.05) is 28.8 Å². The summed E-state index contributed by atoms with van der Waals surface area (Å²) in [6.45, 7) is 6.79. The van der Waals surface area contributed by atoms with E-state index in [1.54, 1.807) is 19.3 Å². The zero-order valence-corrected chi connectivity index (χ0v) is 16.6. The van der Waals surface area contributed by atoms with Crippen LogP contribution in [0, 0.1) is 6.92 Å². The number of nitrogens with one attached hydrogen (secondary N) is 2. The quantitative estimate of drug-likeness (QED) is 0.476. The standard InChI is InChI=1S/C20H23BrN2O3/c1-4-11-22-12-16-17(21)9-10-18(25-3)20(16)26-13-19(24)23-15-7-5-14(2)6-8-15/h4-10,22H,1,11-13H2,2-3H3,(H,23,24). The molecule has 0 radical (unpaired) electrons. The molecule has 2 aromatic carbocycles. The Kier molecular flexibility index (Phi) is 7.69. The van der Waals surface area contributed by atoms with Gasteiger partial charge in [0.15, 0.2) is 18.1 Å². The highest BCUT2D eigenvalue weighted by Crippen LogP contribution is 2.36. The Bertz CT molecular complexity index is 760. The van der Waals surface area contributed by atoms with Gasteiger partial charge in [-0.2, -0.15) is 0 Å². The number of methoxy groups -OCH3 is 1. The molecule has 0 fully saturated rings. The fourth-order valence-corrected chi connectivity index (χ4v) is 2.79. The predicted octanol–water partition coefficient (Wildman–Crippen LogP) is 4.06. The summed E-state index contributed by atoms with van der Waals surface area (Å²) in [7, 11) is 1.57. The monoisotopic (exact) mass is 418 g/mol. The average Bonchev–Trinajstić information content (AvgIpc) is 2.63. The van der Waals surface area contributed by atoms with E-state index in [1.165, 1.54) is 0 Å². The number of amides is 1. The van der Waals surface area contributed by atoms with Crippen LogP contribution in [0.25, 0.3) is 0 Å². The molecule has 0 aromatic heterocycles. The number of hydrogen-bond donors (Lipinski definition) is 2. The fourth-order valence-electron chi connectivity index (χ4n) is 2.34. The van der Waals surface area contributed by atoms with Gasteiger partial charge < -0.3 is 20.1 Å². The fraction of sp³-hybridized carbons (Fsp3) is 0.250. The lowest BCUT2D eigenvalue weighted by molar-refractivity contribution is -0.118. The number of carbonyl (C=O) groups excluding carboxylic acids is 1. The Labute approximate surface area is 162 Å². The highest BCUT2D eigenvalue weighted by Gasteiger charge is 2.16. The van der Waals surface area contributed by atoms with Gasteiger partial charge in [-0.05, 0) is 31.2 Å². The zero-order chi connectivity index (χ0) is 18.9. The van der Waals surface area contributed by atoms with E-state index in [0.717, 1.165) is 21.3 Å². The normalized spacial score (nSPS) is 10.3. The van der Waals surface area contributed by atoms with Crippen LogP contribution in [0.3, 0.4) is 0 Å². The van der Waals surface area contributed by atoms with Crippen LogP contribution in [-0.2, 0) is 11.3 Å². The van der Waals surface area contributed by atoms with Gasteiger partial charge in [-0.3, -0.25) is 4.79 Å². The van der Waals surface area contributed by atoms with Gasteiger partial charge in [0.05, 0.1) is 7.11 Å². The average molecular weight is 419 g/mol. The summed E-state index contributed by atoms with van der Waals surface area (Å²) < 4.78 is 12.1. The van der Waals surface area contributed by atoms with Crippen molar-refractivity contribution in [3.05, 3.63) is 64.7 Å². The molecule has 0 saturated heterocycles. The van der Waals surface area contributed by atoms with Crippen molar-refractivity contribution in [1.82, 2.24) is 5.32 Å². The summed E-state index contributed by atoms with van der Waals surface area (Å²) in [6.07, 6.45) is 1.78. The third-order valence-corrected chi connectivity index (χ3v) is 4.40. The molecule has 0 aliphatic carbocycles. The summed E-state index contributed by atoms with van der Waals surface area (Å²) in [5.41, 5.74) is 2.75. The van der Waals surface area contributed by atoms with E-state index in [1.807, 2.05) is 37.3 Å². The molecule has 2 rings (SSSR count). The maximum absolute atomic E-state index is 12.2. The van der Waals surface area contributed by atoms with E-state index in [2.05, 4.69) is 33.1 Å². The molecular formula is C20H23BrN2O3. The lowest BCUT2D eigenvalue weighted by Gasteiger charge is -2.17. The number of benzene rings is 2. The van der Waals surface area contributed by atoms with Crippen molar-refractivity contribution in [2.45, 2.75) is 13.5 Å². The summed E-state index contributed by atoms with van der Waals surface area (Å²) in [6, 6.07) is 11.3. The van der Waals surface area contributed by atoms with Crippen LogP contribution >= 0.6 is 15.9 Å². The highest BCUT2D eigenvalue weighted by atomic mass is 79.9. The number of halogens is 1. The van der Waals surface area contributed by atoms with Crippen molar-refractivity contribution >= 4 is 27.5 Å². The van der Waals surface area contributed by atoms with E-state index >= 15 is 0 Å². The van der Waals surface area contributed by atoms with E-state index in [-0.39, 0.29) is 12.5 Å². The van der Waals surface area contributed by atoms with Crippen molar-refractivity contribution in [2.24, 2.45) is 0 Å². The third kappa shape index (κ3) is 5.61. The summed E-state index contributed by atoms with van der Waals surface area (Å²) in [4.78, 5) is 12.2. The Morgan fingerprint density at radius 1 is 1.23 bits per heavy atom. The summed E-state index contributed by atoms with van der Waals surface area (Å²) >= 11 is 3.53. The van der Waals surface area contributed by atoms with Crippen molar-refractivity contribution in [1.29, 1.82) is 0 Å². The molecule has 1 amide bonds. The lowest BCUT2D eigenvalue weighted by Crippen LogP contribution is -2.21. The van der Waals surface area contributed by atoms with Crippen LogP contribution in [0.15, 0.2) is 53.5 Å². The summed E-state index contributed by atoms with van der Waals surface area (Å²) in [5, 5.41) is 6.05. The van der Waals surface area contributed by atoms with Crippen molar-refractivity contribution in [3.63, 3.8) is 0 Å². The van der Waals surface area contributed by atoms with Crippen LogP contribution in [0.1, 0.15) is 11.1 Å². The van der Waals surface area contributed by atoms with Gasteiger partial charge in [0.2, 0.25) is 0 Å². The molecule has 26 heavy (non-hydrogen) atoms. The van der Waals surface area contributed by atoms with Crippen molar-refractivity contribution in [3.8, 4) is 11.5 Å². The Hall–Kier alpha value is -2.31. The largest absolute Gasteiger partial charge is 0.493 e. The molecule has 0 aliphatic rings. The molecule has 2 N–H and O–H groups in total. The number of carbonyl (C=O) groups is 1. The molecule has 6 heteroatoms. The van der Waals surface area contributed by atoms with Crippen LogP contribution in [0.2, 0.25) is 0 Å². The highest BCUT2D eigenvalue weighted by molar-refractivity contribution is 9.10. The number of aryl methyl sites for hydroxylation is 1. The van der Waals surface area contributed by atoms with Crippen molar-refractivity contribution in [2.75, 3.05) is 25.6 Å². The molecule has 5 nitrogen and oxygen atoms in total. The minimum absolute atomic E-state index is 0.116. The molecule has 0 unspecified atom stereocenters.